The Morgan fingerprint density at radius 2 is 2.00 bits per heavy atom. The van der Waals surface area contributed by atoms with E-state index >= 15 is 0 Å². The molecule has 0 aliphatic heterocycles. The van der Waals surface area contributed by atoms with Gasteiger partial charge in [0.05, 0.1) is 12.2 Å². The normalized spacial score (nSPS) is 14.4. The molecular formula is C11H25NOS. The highest BCUT2D eigenvalue weighted by Crippen LogP contribution is 2.05. The van der Waals surface area contributed by atoms with Gasteiger partial charge in [0, 0.05) is 18.3 Å². The zero-order chi connectivity index (χ0) is 11.0. The van der Waals surface area contributed by atoms with Crippen molar-refractivity contribution in [1.29, 1.82) is 0 Å². The third kappa shape index (κ3) is 8.85. The van der Waals surface area contributed by atoms with Crippen molar-refractivity contribution in [2.45, 2.75) is 45.8 Å². The predicted molar refractivity (Wildman–Crippen MR) is 66.2 cm³/mol. The molecule has 0 spiro atoms. The minimum Gasteiger partial charge on any atom is -0.375 e. The van der Waals surface area contributed by atoms with Gasteiger partial charge in [0.25, 0.3) is 0 Å². The van der Waals surface area contributed by atoms with Crippen LogP contribution in [0.15, 0.2) is 0 Å². The second kappa shape index (κ2) is 7.55. The largest absolute Gasteiger partial charge is 0.375 e. The van der Waals surface area contributed by atoms with Crippen LogP contribution in [0.4, 0.5) is 0 Å². The lowest BCUT2D eigenvalue weighted by Gasteiger charge is -2.21. The molecule has 2 nitrogen and oxygen atoms in total. The highest BCUT2D eigenvalue weighted by molar-refractivity contribution is 7.98. The van der Waals surface area contributed by atoms with Gasteiger partial charge in [-0.3, -0.25) is 0 Å². The van der Waals surface area contributed by atoms with Crippen molar-refractivity contribution < 1.29 is 4.74 Å². The van der Waals surface area contributed by atoms with E-state index in [-0.39, 0.29) is 5.60 Å². The predicted octanol–water partition coefficient (Wildman–Crippen LogP) is 2.53. The van der Waals surface area contributed by atoms with E-state index in [1.54, 1.807) is 0 Å². The Morgan fingerprint density at radius 1 is 1.36 bits per heavy atom. The Bertz CT molecular complexity index is 134. The molecule has 0 aromatic carbocycles. The Labute approximate surface area is 93.2 Å². The van der Waals surface area contributed by atoms with Gasteiger partial charge in [0.2, 0.25) is 0 Å². The maximum atomic E-state index is 5.63. The maximum absolute atomic E-state index is 5.63. The average Bonchev–Trinajstić information content (AvgIpc) is 2.08. The van der Waals surface area contributed by atoms with Crippen molar-refractivity contribution >= 4 is 11.8 Å². The molecule has 1 N–H and O–H groups in total. The van der Waals surface area contributed by atoms with E-state index < -0.39 is 0 Å². The van der Waals surface area contributed by atoms with Crippen molar-refractivity contribution in [2.24, 2.45) is 0 Å². The van der Waals surface area contributed by atoms with Crippen molar-refractivity contribution in [3.8, 4) is 0 Å². The topological polar surface area (TPSA) is 21.3 Å². The molecule has 0 aromatic heterocycles. The third-order valence-electron chi connectivity index (χ3n) is 1.93. The van der Waals surface area contributed by atoms with Crippen LogP contribution in [0.25, 0.3) is 0 Å². The summed E-state index contributed by atoms with van der Waals surface area (Å²) >= 11 is 1.89. The van der Waals surface area contributed by atoms with Gasteiger partial charge < -0.3 is 10.1 Å². The first-order chi connectivity index (χ1) is 6.49. The summed E-state index contributed by atoms with van der Waals surface area (Å²) < 4.78 is 5.63. The molecule has 3 heteroatoms. The van der Waals surface area contributed by atoms with Gasteiger partial charge in [-0.2, -0.15) is 11.8 Å². The van der Waals surface area contributed by atoms with Crippen LogP contribution in [-0.4, -0.2) is 36.8 Å². The lowest BCUT2D eigenvalue weighted by atomic mass is 10.2. The van der Waals surface area contributed by atoms with E-state index in [0.29, 0.717) is 6.04 Å². The van der Waals surface area contributed by atoms with Crippen molar-refractivity contribution in [2.75, 3.05) is 25.2 Å². The SMILES string of the molecule is CCC(CSC)NCCOC(C)(C)C. The summed E-state index contributed by atoms with van der Waals surface area (Å²) in [4.78, 5) is 0. The molecule has 0 bridgehead atoms. The highest BCUT2D eigenvalue weighted by Gasteiger charge is 2.09. The number of ether oxygens (including phenoxy) is 1. The van der Waals surface area contributed by atoms with Crippen LogP contribution < -0.4 is 5.32 Å². The van der Waals surface area contributed by atoms with Crippen molar-refractivity contribution in [3.05, 3.63) is 0 Å². The smallest absolute Gasteiger partial charge is 0.0599 e. The van der Waals surface area contributed by atoms with Crippen molar-refractivity contribution in [1.82, 2.24) is 5.32 Å². The van der Waals surface area contributed by atoms with Crippen molar-refractivity contribution in [3.63, 3.8) is 0 Å². The van der Waals surface area contributed by atoms with Gasteiger partial charge in [-0.05, 0) is 33.4 Å². The molecule has 0 rings (SSSR count). The van der Waals surface area contributed by atoms with Crippen LogP contribution in [0, 0.1) is 0 Å². The average molecular weight is 219 g/mol. The fraction of sp³-hybridized carbons (Fsp3) is 1.00. The zero-order valence-corrected chi connectivity index (χ0v) is 11.0. The molecule has 0 saturated heterocycles. The fourth-order valence-electron chi connectivity index (χ4n) is 1.14. The van der Waals surface area contributed by atoms with Gasteiger partial charge >= 0.3 is 0 Å². The Morgan fingerprint density at radius 3 is 2.43 bits per heavy atom. The first-order valence-electron chi connectivity index (χ1n) is 5.36. The molecule has 0 saturated carbocycles. The van der Waals surface area contributed by atoms with Gasteiger partial charge in [-0.1, -0.05) is 6.92 Å². The minimum atomic E-state index is -0.0110. The molecule has 0 radical (unpaired) electrons. The van der Waals surface area contributed by atoms with Crippen LogP contribution in [0.2, 0.25) is 0 Å². The third-order valence-corrected chi connectivity index (χ3v) is 2.67. The van der Waals surface area contributed by atoms with Crippen LogP contribution >= 0.6 is 11.8 Å². The molecule has 0 heterocycles. The van der Waals surface area contributed by atoms with Gasteiger partial charge in [-0.15, -0.1) is 0 Å². The lowest BCUT2D eigenvalue weighted by Crippen LogP contribution is -2.35. The van der Waals surface area contributed by atoms with Crippen LogP contribution in [0.3, 0.4) is 0 Å². The molecule has 0 aliphatic rings. The maximum Gasteiger partial charge on any atom is 0.0599 e. The first-order valence-corrected chi connectivity index (χ1v) is 6.75. The second-order valence-electron chi connectivity index (χ2n) is 4.48. The molecule has 0 aliphatic carbocycles. The number of rotatable bonds is 7. The summed E-state index contributed by atoms with van der Waals surface area (Å²) in [7, 11) is 0. The van der Waals surface area contributed by atoms with Gasteiger partial charge in [-0.25, -0.2) is 0 Å². The van der Waals surface area contributed by atoms with Gasteiger partial charge in [0.1, 0.15) is 0 Å². The molecule has 0 aromatic rings. The van der Waals surface area contributed by atoms with E-state index in [4.69, 9.17) is 4.74 Å². The van der Waals surface area contributed by atoms with Crippen LogP contribution in [0.5, 0.6) is 0 Å². The highest BCUT2D eigenvalue weighted by atomic mass is 32.2. The molecule has 1 unspecified atom stereocenters. The molecule has 0 fully saturated rings. The summed E-state index contributed by atoms with van der Waals surface area (Å²) in [6.45, 7) is 10.2. The Hall–Kier alpha value is 0.270. The van der Waals surface area contributed by atoms with E-state index in [0.717, 1.165) is 13.2 Å². The van der Waals surface area contributed by atoms with E-state index in [1.807, 2.05) is 11.8 Å². The molecule has 0 amide bonds. The minimum absolute atomic E-state index is 0.0110. The van der Waals surface area contributed by atoms with Crippen LogP contribution in [-0.2, 0) is 4.74 Å². The number of hydrogen-bond donors (Lipinski definition) is 1. The first kappa shape index (κ1) is 14.3. The summed E-state index contributed by atoms with van der Waals surface area (Å²) in [5.41, 5.74) is -0.0110. The number of hydrogen-bond acceptors (Lipinski definition) is 3. The molecule has 14 heavy (non-hydrogen) atoms. The summed E-state index contributed by atoms with van der Waals surface area (Å²) in [6.07, 6.45) is 3.34. The number of nitrogens with one attached hydrogen (secondary N) is 1. The second-order valence-corrected chi connectivity index (χ2v) is 5.39. The van der Waals surface area contributed by atoms with E-state index in [2.05, 4.69) is 39.3 Å². The monoisotopic (exact) mass is 219 g/mol. The van der Waals surface area contributed by atoms with E-state index in [1.165, 1.54) is 12.2 Å². The quantitative estimate of drug-likeness (QED) is 0.665. The Balaban J connectivity index is 3.42. The van der Waals surface area contributed by atoms with Crippen LogP contribution in [0.1, 0.15) is 34.1 Å². The molecule has 1 atom stereocenters. The lowest BCUT2D eigenvalue weighted by molar-refractivity contribution is -0.00145. The van der Waals surface area contributed by atoms with Gasteiger partial charge in [0.15, 0.2) is 0 Å². The summed E-state index contributed by atoms with van der Waals surface area (Å²) in [6, 6.07) is 0.633. The molecule has 86 valence electrons. The summed E-state index contributed by atoms with van der Waals surface area (Å²) in [5, 5.41) is 3.50. The number of thioether (sulfide) groups is 1. The molecular weight excluding hydrogens is 194 g/mol. The standard InChI is InChI=1S/C11H25NOS/c1-6-10(9-14-5)12-7-8-13-11(2,3)4/h10,12H,6-9H2,1-5H3. The summed E-state index contributed by atoms with van der Waals surface area (Å²) in [5.74, 6) is 1.19. The zero-order valence-electron chi connectivity index (χ0n) is 10.2. The Kier molecular flexibility index (Phi) is 7.69. The van der Waals surface area contributed by atoms with E-state index in [9.17, 15) is 0 Å². The fourth-order valence-corrected chi connectivity index (χ4v) is 1.90.